The molecule has 3 nitrogen and oxygen atoms in total. The van der Waals surface area contributed by atoms with Crippen molar-refractivity contribution < 1.29 is 9.84 Å². The predicted molar refractivity (Wildman–Crippen MR) is 71.2 cm³/mol. The van der Waals surface area contributed by atoms with Gasteiger partial charge in [0.1, 0.15) is 5.75 Å². The molecule has 1 aromatic rings. The molecule has 1 heterocycles. The summed E-state index contributed by atoms with van der Waals surface area (Å²) in [6, 6.07) is 4.01. The van der Waals surface area contributed by atoms with Crippen LogP contribution in [0.3, 0.4) is 0 Å². The van der Waals surface area contributed by atoms with Gasteiger partial charge in [0.15, 0.2) is 0 Å². The molecular formula is C13H18BrNO2. The fourth-order valence-corrected chi connectivity index (χ4v) is 2.76. The zero-order valence-electron chi connectivity index (χ0n) is 9.79. The minimum atomic E-state index is -0.429. The maximum atomic E-state index is 10.1. The highest BCUT2D eigenvalue weighted by Crippen LogP contribution is 2.36. The van der Waals surface area contributed by atoms with Crippen LogP contribution >= 0.6 is 15.9 Å². The maximum Gasteiger partial charge on any atom is 0.136 e. The van der Waals surface area contributed by atoms with Crippen LogP contribution in [0.15, 0.2) is 16.6 Å². The Bertz CT molecular complexity index is 395. The number of aliphatic hydroxyl groups excluding tert-OH is 1. The van der Waals surface area contributed by atoms with Gasteiger partial charge >= 0.3 is 0 Å². The van der Waals surface area contributed by atoms with E-state index in [0.29, 0.717) is 13.0 Å². The smallest absolute Gasteiger partial charge is 0.136 e. The van der Waals surface area contributed by atoms with Crippen molar-refractivity contribution >= 4 is 15.9 Å². The van der Waals surface area contributed by atoms with E-state index in [1.54, 1.807) is 0 Å². The lowest BCUT2D eigenvalue weighted by Gasteiger charge is -2.21. The molecule has 2 rings (SSSR count). The maximum absolute atomic E-state index is 10.1. The minimum absolute atomic E-state index is 0.429. The average Bonchev–Trinajstić information content (AvgIpc) is 2.36. The molecular weight excluding hydrogens is 282 g/mol. The summed E-state index contributed by atoms with van der Waals surface area (Å²) < 4.78 is 6.56. The van der Waals surface area contributed by atoms with Crippen LogP contribution in [0, 0.1) is 0 Å². The van der Waals surface area contributed by atoms with Crippen LogP contribution in [0.1, 0.15) is 36.5 Å². The fraction of sp³-hybridized carbons (Fsp3) is 0.538. The molecule has 0 radical (unpaired) electrons. The molecule has 3 N–H and O–H groups in total. The Hall–Kier alpha value is -0.580. The molecule has 1 aromatic carbocycles. The van der Waals surface area contributed by atoms with E-state index in [0.717, 1.165) is 41.7 Å². The summed E-state index contributed by atoms with van der Waals surface area (Å²) in [6.45, 7) is 1.40. The zero-order chi connectivity index (χ0) is 12.3. The second kappa shape index (κ2) is 5.85. The van der Waals surface area contributed by atoms with Gasteiger partial charge in [-0.05, 0) is 71.4 Å². The van der Waals surface area contributed by atoms with Crippen LogP contribution in [-0.2, 0) is 6.42 Å². The number of nitrogens with two attached hydrogens (primary N) is 1. The van der Waals surface area contributed by atoms with Gasteiger partial charge in [-0.2, -0.15) is 0 Å². The van der Waals surface area contributed by atoms with Crippen LogP contribution in [0.5, 0.6) is 5.75 Å². The molecule has 0 aromatic heterocycles. The number of halogens is 1. The number of rotatable bonds is 4. The molecule has 1 atom stereocenters. The van der Waals surface area contributed by atoms with Crippen molar-refractivity contribution in [2.24, 2.45) is 5.73 Å². The molecule has 0 amide bonds. The van der Waals surface area contributed by atoms with Gasteiger partial charge in [-0.15, -0.1) is 0 Å². The standard InChI is InChI=1S/C13H18BrNO2/c14-11-8-10(12(16)4-1-5-15)7-9-3-2-6-17-13(9)11/h7-8,12,16H,1-6,15H2. The lowest BCUT2D eigenvalue weighted by atomic mass is 9.98. The lowest BCUT2D eigenvalue weighted by molar-refractivity contribution is 0.165. The third kappa shape index (κ3) is 3.00. The summed E-state index contributed by atoms with van der Waals surface area (Å²) in [5, 5.41) is 10.1. The van der Waals surface area contributed by atoms with Crippen LogP contribution < -0.4 is 10.5 Å². The molecule has 4 heteroatoms. The molecule has 0 bridgehead atoms. The molecule has 0 spiro atoms. The molecule has 0 saturated heterocycles. The summed E-state index contributed by atoms with van der Waals surface area (Å²) in [5.74, 6) is 0.936. The first-order chi connectivity index (χ1) is 8.22. The van der Waals surface area contributed by atoms with Gasteiger partial charge < -0.3 is 15.6 Å². The van der Waals surface area contributed by atoms with Crippen molar-refractivity contribution in [1.29, 1.82) is 0 Å². The predicted octanol–water partition coefficient (Wildman–Crippen LogP) is 2.55. The number of aryl methyl sites for hydroxylation is 1. The van der Waals surface area contributed by atoms with Crippen molar-refractivity contribution in [3.63, 3.8) is 0 Å². The van der Waals surface area contributed by atoms with Gasteiger partial charge in [0, 0.05) is 0 Å². The molecule has 0 aliphatic carbocycles. The van der Waals surface area contributed by atoms with E-state index in [4.69, 9.17) is 10.5 Å². The summed E-state index contributed by atoms with van der Waals surface area (Å²) in [7, 11) is 0. The topological polar surface area (TPSA) is 55.5 Å². The molecule has 94 valence electrons. The number of hydrogen-bond acceptors (Lipinski definition) is 3. The molecule has 0 saturated carbocycles. The third-order valence-electron chi connectivity index (χ3n) is 3.05. The van der Waals surface area contributed by atoms with Gasteiger partial charge in [-0.25, -0.2) is 0 Å². The first-order valence-corrected chi connectivity index (χ1v) is 6.85. The monoisotopic (exact) mass is 299 g/mol. The van der Waals surface area contributed by atoms with Gasteiger partial charge in [0.05, 0.1) is 17.2 Å². The van der Waals surface area contributed by atoms with Gasteiger partial charge in [0.2, 0.25) is 0 Å². The Morgan fingerprint density at radius 2 is 2.29 bits per heavy atom. The number of benzene rings is 1. The van der Waals surface area contributed by atoms with Crippen molar-refractivity contribution in [1.82, 2.24) is 0 Å². The highest BCUT2D eigenvalue weighted by atomic mass is 79.9. The van der Waals surface area contributed by atoms with E-state index in [2.05, 4.69) is 22.0 Å². The van der Waals surface area contributed by atoms with Gasteiger partial charge in [-0.1, -0.05) is 0 Å². The van der Waals surface area contributed by atoms with E-state index in [-0.39, 0.29) is 0 Å². The number of ether oxygens (including phenoxy) is 1. The van der Waals surface area contributed by atoms with E-state index >= 15 is 0 Å². The van der Waals surface area contributed by atoms with E-state index in [1.165, 1.54) is 5.56 Å². The largest absolute Gasteiger partial charge is 0.492 e. The van der Waals surface area contributed by atoms with Crippen molar-refractivity contribution in [3.8, 4) is 5.75 Å². The number of aliphatic hydroxyl groups is 1. The first-order valence-electron chi connectivity index (χ1n) is 6.05. The summed E-state index contributed by atoms with van der Waals surface area (Å²) in [6.07, 6.45) is 3.18. The highest BCUT2D eigenvalue weighted by Gasteiger charge is 2.17. The van der Waals surface area contributed by atoms with Crippen LogP contribution in [0.25, 0.3) is 0 Å². The second-order valence-corrected chi connectivity index (χ2v) is 5.24. The summed E-state index contributed by atoms with van der Waals surface area (Å²) in [4.78, 5) is 0. The number of fused-ring (bicyclic) bond motifs is 1. The van der Waals surface area contributed by atoms with Crippen molar-refractivity contribution in [2.75, 3.05) is 13.2 Å². The Morgan fingerprint density at radius 1 is 1.47 bits per heavy atom. The van der Waals surface area contributed by atoms with Crippen LogP contribution in [-0.4, -0.2) is 18.3 Å². The highest BCUT2D eigenvalue weighted by molar-refractivity contribution is 9.10. The van der Waals surface area contributed by atoms with E-state index in [1.807, 2.05) is 6.07 Å². The van der Waals surface area contributed by atoms with Crippen molar-refractivity contribution in [2.45, 2.75) is 31.8 Å². The summed E-state index contributed by atoms with van der Waals surface area (Å²) >= 11 is 3.51. The van der Waals surface area contributed by atoms with Crippen LogP contribution in [0.2, 0.25) is 0 Å². The SMILES string of the molecule is NCCCC(O)c1cc(Br)c2c(c1)CCCO2. The van der Waals surface area contributed by atoms with Crippen LogP contribution in [0.4, 0.5) is 0 Å². The molecule has 1 aliphatic rings. The summed E-state index contributed by atoms with van der Waals surface area (Å²) in [5.41, 5.74) is 7.60. The van der Waals surface area contributed by atoms with Gasteiger partial charge in [-0.3, -0.25) is 0 Å². The zero-order valence-corrected chi connectivity index (χ0v) is 11.4. The molecule has 0 fully saturated rings. The quantitative estimate of drug-likeness (QED) is 0.898. The Kier molecular flexibility index (Phi) is 4.42. The molecule has 1 aliphatic heterocycles. The molecule has 1 unspecified atom stereocenters. The average molecular weight is 300 g/mol. The fourth-order valence-electron chi connectivity index (χ4n) is 2.13. The lowest BCUT2D eigenvalue weighted by Crippen LogP contribution is -2.10. The van der Waals surface area contributed by atoms with E-state index < -0.39 is 6.10 Å². The Balaban J connectivity index is 2.21. The normalized spacial score (nSPS) is 16.2. The third-order valence-corrected chi connectivity index (χ3v) is 3.64. The Labute approximate surface area is 110 Å². The van der Waals surface area contributed by atoms with Gasteiger partial charge in [0.25, 0.3) is 0 Å². The minimum Gasteiger partial charge on any atom is -0.492 e. The van der Waals surface area contributed by atoms with E-state index in [9.17, 15) is 5.11 Å². The van der Waals surface area contributed by atoms with Crippen molar-refractivity contribution in [3.05, 3.63) is 27.7 Å². The number of hydrogen-bond donors (Lipinski definition) is 2. The molecule has 17 heavy (non-hydrogen) atoms. The second-order valence-electron chi connectivity index (χ2n) is 4.39. The Morgan fingerprint density at radius 3 is 3.06 bits per heavy atom. The first kappa shape index (κ1) is 12.9.